The maximum Gasteiger partial charge on any atom is 0.129 e. The normalized spacial score (nSPS) is 10.1. The van der Waals surface area contributed by atoms with E-state index in [1.807, 2.05) is 24.3 Å². The molecule has 82 valence electrons. The first-order chi connectivity index (χ1) is 7.75. The van der Waals surface area contributed by atoms with Crippen molar-refractivity contribution in [3.8, 4) is 5.75 Å². The molecule has 0 fully saturated rings. The molecule has 0 spiro atoms. The van der Waals surface area contributed by atoms with Crippen molar-refractivity contribution in [3.63, 3.8) is 0 Å². The minimum absolute atomic E-state index is 0.229. The van der Waals surface area contributed by atoms with Crippen LogP contribution in [0.15, 0.2) is 48.5 Å². The summed E-state index contributed by atoms with van der Waals surface area (Å²) in [4.78, 5) is 0. The first kappa shape index (κ1) is 11.4. The van der Waals surface area contributed by atoms with Crippen LogP contribution < -0.4 is 4.74 Å². The highest BCUT2D eigenvalue weighted by atomic mass is 127. The Labute approximate surface area is 107 Å². The van der Waals surface area contributed by atoms with Crippen LogP contribution in [0.2, 0.25) is 0 Å². The Kier molecular flexibility index (Phi) is 3.77. The van der Waals surface area contributed by atoms with Gasteiger partial charge in [0.1, 0.15) is 18.2 Å². The zero-order valence-corrected chi connectivity index (χ0v) is 10.6. The lowest BCUT2D eigenvalue weighted by Gasteiger charge is -2.06. The average molecular weight is 328 g/mol. The number of ether oxygens (including phenoxy) is 1. The van der Waals surface area contributed by atoms with Crippen molar-refractivity contribution in [2.24, 2.45) is 0 Å². The molecule has 0 amide bonds. The van der Waals surface area contributed by atoms with Gasteiger partial charge in [0.05, 0.1) is 0 Å². The number of hydrogen-bond acceptors (Lipinski definition) is 1. The van der Waals surface area contributed by atoms with Crippen LogP contribution in [0.3, 0.4) is 0 Å². The van der Waals surface area contributed by atoms with Crippen LogP contribution in [-0.2, 0) is 6.61 Å². The summed E-state index contributed by atoms with van der Waals surface area (Å²) in [5.41, 5.74) is 0.570. The van der Waals surface area contributed by atoms with E-state index in [4.69, 9.17) is 4.74 Å². The molecule has 0 aliphatic rings. The molecule has 2 aromatic carbocycles. The van der Waals surface area contributed by atoms with E-state index in [9.17, 15) is 4.39 Å². The van der Waals surface area contributed by atoms with Gasteiger partial charge in [-0.15, -0.1) is 0 Å². The molecule has 3 heteroatoms. The van der Waals surface area contributed by atoms with Crippen LogP contribution in [0, 0.1) is 9.39 Å². The van der Waals surface area contributed by atoms with Crippen molar-refractivity contribution in [1.29, 1.82) is 0 Å². The second-order valence-electron chi connectivity index (χ2n) is 3.33. The molecule has 0 radical (unpaired) electrons. The summed E-state index contributed by atoms with van der Waals surface area (Å²) >= 11 is 2.23. The fourth-order valence-corrected chi connectivity index (χ4v) is 1.67. The molecule has 2 rings (SSSR count). The van der Waals surface area contributed by atoms with Gasteiger partial charge >= 0.3 is 0 Å². The molecule has 1 nitrogen and oxygen atoms in total. The molecule has 0 saturated carbocycles. The van der Waals surface area contributed by atoms with Crippen molar-refractivity contribution in [2.45, 2.75) is 6.61 Å². The van der Waals surface area contributed by atoms with Crippen molar-refractivity contribution in [1.82, 2.24) is 0 Å². The Morgan fingerprint density at radius 1 is 1.00 bits per heavy atom. The predicted octanol–water partition coefficient (Wildman–Crippen LogP) is 4.01. The van der Waals surface area contributed by atoms with Gasteiger partial charge in [0, 0.05) is 9.13 Å². The molecule has 0 N–H and O–H groups in total. The maximum absolute atomic E-state index is 13.3. The van der Waals surface area contributed by atoms with Gasteiger partial charge in [-0.25, -0.2) is 4.39 Å². The molecule has 0 aliphatic heterocycles. The second kappa shape index (κ2) is 5.30. The topological polar surface area (TPSA) is 9.23 Å². The maximum atomic E-state index is 13.3. The van der Waals surface area contributed by atoms with Gasteiger partial charge in [0.25, 0.3) is 0 Å². The number of rotatable bonds is 3. The standard InChI is InChI=1S/C13H10FIO/c14-13-4-2-1-3-10(13)9-16-12-7-5-11(15)6-8-12/h1-8H,9H2. The summed E-state index contributed by atoms with van der Waals surface area (Å²) in [6.45, 7) is 0.257. The number of hydrogen-bond donors (Lipinski definition) is 0. The molecular weight excluding hydrogens is 318 g/mol. The lowest BCUT2D eigenvalue weighted by molar-refractivity contribution is 0.300. The molecule has 0 aromatic heterocycles. The number of halogens is 2. The van der Waals surface area contributed by atoms with E-state index >= 15 is 0 Å². The lowest BCUT2D eigenvalue weighted by Crippen LogP contribution is -1.97. The molecule has 16 heavy (non-hydrogen) atoms. The van der Waals surface area contributed by atoms with Gasteiger partial charge in [-0.05, 0) is 52.9 Å². The highest BCUT2D eigenvalue weighted by Crippen LogP contribution is 2.16. The van der Waals surface area contributed by atoms with Crippen molar-refractivity contribution in [2.75, 3.05) is 0 Å². The van der Waals surface area contributed by atoms with Gasteiger partial charge < -0.3 is 4.74 Å². The van der Waals surface area contributed by atoms with E-state index in [-0.39, 0.29) is 12.4 Å². The Hall–Kier alpha value is -1.10. The fraction of sp³-hybridized carbons (Fsp3) is 0.0769. The molecule has 0 heterocycles. The van der Waals surface area contributed by atoms with E-state index in [0.717, 1.165) is 9.32 Å². The van der Waals surface area contributed by atoms with Gasteiger partial charge in [-0.2, -0.15) is 0 Å². The minimum Gasteiger partial charge on any atom is -0.489 e. The first-order valence-electron chi connectivity index (χ1n) is 4.87. The van der Waals surface area contributed by atoms with Crippen LogP contribution >= 0.6 is 22.6 Å². The zero-order chi connectivity index (χ0) is 11.4. The third-order valence-electron chi connectivity index (χ3n) is 2.17. The first-order valence-corrected chi connectivity index (χ1v) is 5.95. The smallest absolute Gasteiger partial charge is 0.129 e. The van der Waals surface area contributed by atoms with Crippen LogP contribution in [-0.4, -0.2) is 0 Å². The third-order valence-corrected chi connectivity index (χ3v) is 2.88. The van der Waals surface area contributed by atoms with Crippen molar-refractivity contribution >= 4 is 22.6 Å². The van der Waals surface area contributed by atoms with Gasteiger partial charge in [-0.3, -0.25) is 0 Å². The summed E-state index contributed by atoms with van der Waals surface area (Å²) in [6.07, 6.45) is 0. The molecule has 0 aliphatic carbocycles. The van der Waals surface area contributed by atoms with Crippen LogP contribution in [0.5, 0.6) is 5.75 Å². The summed E-state index contributed by atoms with van der Waals surface area (Å²) in [7, 11) is 0. The fourth-order valence-electron chi connectivity index (χ4n) is 1.31. The summed E-state index contributed by atoms with van der Waals surface area (Å²) in [5.74, 6) is 0.525. The average Bonchev–Trinajstić information content (AvgIpc) is 2.30. The highest BCUT2D eigenvalue weighted by molar-refractivity contribution is 14.1. The highest BCUT2D eigenvalue weighted by Gasteiger charge is 2.01. The molecule has 0 unspecified atom stereocenters. The van der Waals surface area contributed by atoms with Gasteiger partial charge in [-0.1, -0.05) is 18.2 Å². The monoisotopic (exact) mass is 328 g/mol. The van der Waals surface area contributed by atoms with E-state index in [1.165, 1.54) is 6.07 Å². The quantitative estimate of drug-likeness (QED) is 0.774. The molecule has 0 saturated heterocycles. The Bertz CT molecular complexity index is 468. The van der Waals surface area contributed by atoms with E-state index < -0.39 is 0 Å². The van der Waals surface area contributed by atoms with Crippen LogP contribution in [0.4, 0.5) is 4.39 Å². The summed E-state index contributed by atoms with van der Waals surface area (Å²) in [5, 5.41) is 0. The van der Waals surface area contributed by atoms with E-state index in [0.29, 0.717) is 5.56 Å². The second-order valence-corrected chi connectivity index (χ2v) is 4.58. The lowest BCUT2D eigenvalue weighted by atomic mass is 10.2. The molecule has 0 bridgehead atoms. The van der Waals surface area contributed by atoms with Crippen molar-refractivity contribution in [3.05, 3.63) is 63.5 Å². The van der Waals surface area contributed by atoms with E-state index in [1.54, 1.807) is 18.2 Å². The van der Waals surface area contributed by atoms with E-state index in [2.05, 4.69) is 22.6 Å². The Morgan fingerprint density at radius 3 is 2.38 bits per heavy atom. The Morgan fingerprint density at radius 2 is 1.69 bits per heavy atom. The van der Waals surface area contributed by atoms with Gasteiger partial charge in [0.15, 0.2) is 0 Å². The Balaban J connectivity index is 2.02. The van der Waals surface area contributed by atoms with Crippen LogP contribution in [0.1, 0.15) is 5.56 Å². The summed E-state index contributed by atoms with van der Waals surface area (Å²) in [6, 6.07) is 14.3. The predicted molar refractivity (Wildman–Crippen MR) is 69.9 cm³/mol. The van der Waals surface area contributed by atoms with Gasteiger partial charge in [0.2, 0.25) is 0 Å². The molecular formula is C13H10FIO. The zero-order valence-electron chi connectivity index (χ0n) is 8.49. The molecule has 2 aromatic rings. The minimum atomic E-state index is -0.229. The third kappa shape index (κ3) is 2.95. The largest absolute Gasteiger partial charge is 0.489 e. The van der Waals surface area contributed by atoms with Crippen molar-refractivity contribution < 1.29 is 9.13 Å². The molecule has 0 atom stereocenters. The van der Waals surface area contributed by atoms with Crippen LogP contribution in [0.25, 0.3) is 0 Å². The summed E-state index contributed by atoms with van der Waals surface area (Å²) < 4.78 is 19.9. The number of benzene rings is 2. The SMILES string of the molecule is Fc1ccccc1COc1ccc(I)cc1.